The first-order valence-electron chi connectivity index (χ1n) is 7.39. The van der Waals surface area contributed by atoms with Gasteiger partial charge in [-0.1, -0.05) is 28.8 Å². The van der Waals surface area contributed by atoms with Crippen molar-refractivity contribution in [1.29, 1.82) is 0 Å². The first-order chi connectivity index (χ1) is 10.0. The van der Waals surface area contributed by atoms with Gasteiger partial charge in [0.2, 0.25) is 0 Å². The highest BCUT2D eigenvalue weighted by molar-refractivity contribution is 9.10. The van der Waals surface area contributed by atoms with E-state index in [1.165, 1.54) is 31.2 Å². The Morgan fingerprint density at radius 1 is 1.43 bits per heavy atom. The van der Waals surface area contributed by atoms with E-state index in [4.69, 9.17) is 16.6 Å². The summed E-state index contributed by atoms with van der Waals surface area (Å²) in [4.78, 5) is 4.77. The van der Waals surface area contributed by atoms with Crippen LogP contribution in [-0.4, -0.2) is 20.6 Å². The number of imidazole rings is 1. The second kappa shape index (κ2) is 6.13. The van der Waals surface area contributed by atoms with Crippen LogP contribution in [0.3, 0.4) is 0 Å². The number of alkyl halides is 1. The molecule has 1 aliphatic rings. The van der Waals surface area contributed by atoms with E-state index in [1.807, 2.05) is 18.7 Å². The van der Waals surface area contributed by atoms with Crippen molar-refractivity contribution < 1.29 is 0 Å². The van der Waals surface area contributed by atoms with Gasteiger partial charge in [0, 0.05) is 15.8 Å². The van der Waals surface area contributed by atoms with Crippen molar-refractivity contribution in [2.24, 2.45) is 0 Å². The summed E-state index contributed by atoms with van der Waals surface area (Å²) in [5, 5.41) is -0.0727. The average molecular weight is 388 g/mol. The van der Waals surface area contributed by atoms with Gasteiger partial charge in [0.25, 0.3) is 0 Å². The van der Waals surface area contributed by atoms with E-state index in [0.29, 0.717) is 4.75 Å². The lowest BCUT2D eigenvalue weighted by molar-refractivity contribution is 0.501. The summed E-state index contributed by atoms with van der Waals surface area (Å²) in [7, 11) is 0. The summed E-state index contributed by atoms with van der Waals surface area (Å²) >= 11 is 11.9. The number of benzene rings is 1. The Kier molecular flexibility index (Phi) is 4.58. The van der Waals surface area contributed by atoms with Crippen LogP contribution < -0.4 is 0 Å². The van der Waals surface area contributed by atoms with E-state index in [0.717, 1.165) is 22.4 Å². The number of thioether (sulfide) groups is 1. The van der Waals surface area contributed by atoms with Crippen LogP contribution in [0.1, 0.15) is 43.8 Å². The Hall–Kier alpha value is -0.190. The second-order valence-corrected chi connectivity index (χ2v) is 8.74. The summed E-state index contributed by atoms with van der Waals surface area (Å²) in [6.45, 7) is 3.02. The molecule has 0 saturated heterocycles. The highest BCUT2D eigenvalue weighted by Crippen LogP contribution is 2.43. The lowest BCUT2D eigenvalue weighted by atomic mass is 10.1. The van der Waals surface area contributed by atoms with Gasteiger partial charge >= 0.3 is 0 Å². The van der Waals surface area contributed by atoms with Crippen LogP contribution in [0.15, 0.2) is 22.7 Å². The van der Waals surface area contributed by atoms with Crippen molar-refractivity contribution in [2.45, 2.75) is 49.3 Å². The molecule has 0 spiro atoms. The molecule has 5 heteroatoms. The van der Waals surface area contributed by atoms with Gasteiger partial charge in [-0.05, 0) is 44.2 Å². The summed E-state index contributed by atoms with van der Waals surface area (Å²) < 4.78 is 3.76. The molecule has 1 atom stereocenters. The molecule has 114 valence electrons. The molecule has 1 aliphatic carbocycles. The number of aromatic nitrogens is 2. The number of rotatable bonds is 4. The predicted molar refractivity (Wildman–Crippen MR) is 96.4 cm³/mol. The molecule has 0 bridgehead atoms. The van der Waals surface area contributed by atoms with Crippen LogP contribution in [0, 0.1) is 0 Å². The van der Waals surface area contributed by atoms with Crippen molar-refractivity contribution in [2.75, 3.05) is 6.26 Å². The van der Waals surface area contributed by atoms with Crippen LogP contribution in [0.4, 0.5) is 0 Å². The molecular formula is C16H20BrClN2S. The number of hydrogen-bond donors (Lipinski definition) is 0. The van der Waals surface area contributed by atoms with Crippen LogP contribution in [0.5, 0.6) is 0 Å². The van der Waals surface area contributed by atoms with E-state index in [2.05, 4.69) is 45.0 Å². The van der Waals surface area contributed by atoms with Crippen molar-refractivity contribution >= 4 is 50.3 Å². The van der Waals surface area contributed by atoms with E-state index < -0.39 is 0 Å². The van der Waals surface area contributed by atoms with E-state index >= 15 is 0 Å². The molecular weight excluding hydrogens is 368 g/mol. The molecule has 3 rings (SSSR count). The zero-order chi connectivity index (χ0) is 15.0. The third-order valence-electron chi connectivity index (χ3n) is 4.49. The van der Waals surface area contributed by atoms with E-state index in [9.17, 15) is 0 Å². The minimum atomic E-state index is -0.0727. The summed E-state index contributed by atoms with van der Waals surface area (Å²) in [6, 6.07) is 6.32. The minimum Gasteiger partial charge on any atom is -0.325 e. The maximum absolute atomic E-state index is 6.39. The molecule has 2 aromatic rings. The van der Waals surface area contributed by atoms with Gasteiger partial charge in [0.05, 0.1) is 16.4 Å². The largest absolute Gasteiger partial charge is 0.325 e. The summed E-state index contributed by atoms with van der Waals surface area (Å²) in [5.41, 5.74) is 2.22. The standard InChI is InChI=1S/C16H20BrClN2S/c1-11(18)15-19-13-9-12(17)5-6-14(13)20(15)10-16(21-2)7-3-4-8-16/h5-6,9,11H,3-4,7-8,10H2,1-2H3. The van der Waals surface area contributed by atoms with Crippen molar-refractivity contribution in [1.82, 2.24) is 9.55 Å². The maximum Gasteiger partial charge on any atom is 0.127 e. The summed E-state index contributed by atoms with van der Waals surface area (Å²) in [6.07, 6.45) is 7.50. The fourth-order valence-corrected chi connectivity index (χ4v) is 4.80. The van der Waals surface area contributed by atoms with Crippen molar-refractivity contribution in [3.8, 4) is 0 Å². The Morgan fingerprint density at radius 2 is 2.14 bits per heavy atom. The first kappa shape index (κ1) is 15.7. The van der Waals surface area contributed by atoms with Gasteiger partial charge < -0.3 is 4.57 Å². The molecule has 0 radical (unpaired) electrons. The zero-order valence-electron chi connectivity index (χ0n) is 12.4. The second-order valence-electron chi connectivity index (χ2n) is 5.90. The van der Waals surface area contributed by atoms with Gasteiger partial charge in [-0.25, -0.2) is 4.98 Å². The molecule has 1 saturated carbocycles. The Morgan fingerprint density at radius 3 is 2.76 bits per heavy atom. The first-order valence-corrected chi connectivity index (χ1v) is 9.85. The van der Waals surface area contributed by atoms with E-state index in [1.54, 1.807) is 0 Å². The molecule has 2 nitrogen and oxygen atoms in total. The van der Waals surface area contributed by atoms with Crippen molar-refractivity contribution in [3.05, 3.63) is 28.5 Å². The molecule has 0 aliphatic heterocycles. The van der Waals surface area contributed by atoms with Crippen LogP contribution in [-0.2, 0) is 6.54 Å². The molecule has 21 heavy (non-hydrogen) atoms. The molecule has 1 aromatic carbocycles. The van der Waals surface area contributed by atoms with Crippen LogP contribution >= 0.6 is 39.3 Å². The average Bonchev–Trinajstić information content (AvgIpc) is 3.05. The lowest BCUT2D eigenvalue weighted by Gasteiger charge is -2.28. The zero-order valence-corrected chi connectivity index (χ0v) is 15.6. The maximum atomic E-state index is 6.39. The predicted octanol–water partition coefficient (Wildman–Crippen LogP) is 5.77. The quantitative estimate of drug-likeness (QED) is 0.619. The van der Waals surface area contributed by atoms with E-state index in [-0.39, 0.29) is 5.38 Å². The smallest absolute Gasteiger partial charge is 0.127 e. The van der Waals surface area contributed by atoms with Crippen LogP contribution in [0.2, 0.25) is 0 Å². The van der Waals surface area contributed by atoms with Crippen LogP contribution in [0.25, 0.3) is 11.0 Å². The molecule has 0 N–H and O–H groups in total. The third kappa shape index (κ3) is 2.99. The topological polar surface area (TPSA) is 17.8 Å². The van der Waals surface area contributed by atoms with Gasteiger partial charge in [-0.2, -0.15) is 11.8 Å². The van der Waals surface area contributed by atoms with Crippen molar-refractivity contribution in [3.63, 3.8) is 0 Å². The molecule has 1 fully saturated rings. The minimum absolute atomic E-state index is 0.0727. The normalized spacial score (nSPS) is 19.2. The Bertz CT molecular complexity index is 647. The van der Waals surface area contributed by atoms with Gasteiger partial charge in [0.15, 0.2) is 0 Å². The fourth-order valence-electron chi connectivity index (χ4n) is 3.33. The number of nitrogens with zero attached hydrogens (tertiary/aromatic N) is 2. The Balaban J connectivity index is 2.09. The monoisotopic (exact) mass is 386 g/mol. The van der Waals surface area contributed by atoms with Gasteiger partial charge in [-0.3, -0.25) is 0 Å². The summed E-state index contributed by atoms with van der Waals surface area (Å²) in [5.74, 6) is 0.991. The van der Waals surface area contributed by atoms with Gasteiger partial charge in [-0.15, -0.1) is 11.6 Å². The highest BCUT2D eigenvalue weighted by Gasteiger charge is 2.34. The lowest BCUT2D eigenvalue weighted by Crippen LogP contribution is -2.27. The van der Waals surface area contributed by atoms with Gasteiger partial charge in [0.1, 0.15) is 5.82 Å². The number of halogens is 2. The highest BCUT2D eigenvalue weighted by atomic mass is 79.9. The molecule has 1 aromatic heterocycles. The molecule has 1 unspecified atom stereocenters. The third-order valence-corrected chi connectivity index (χ3v) is 6.58. The molecule has 1 heterocycles. The Labute approximate surface area is 143 Å². The molecule has 0 amide bonds. The number of fused-ring (bicyclic) bond motifs is 1. The fraction of sp³-hybridized carbons (Fsp3) is 0.562. The SMILES string of the molecule is CSC1(Cn2c(C(C)Cl)nc3cc(Br)ccc32)CCCC1. The number of hydrogen-bond acceptors (Lipinski definition) is 2.